The first kappa shape index (κ1) is 12.1. The van der Waals surface area contributed by atoms with Crippen LogP contribution in [-0.2, 0) is 17.9 Å². The molecule has 0 heterocycles. The molecule has 0 radical (unpaired) electrons. The van der Waals surface area contributed by atoms with Gasteiger partial charge in [-0.15, -0.1) is 0 Å². The highest BCUT2D eigenvalue weighted by Crippen LogP contribution is 2.36. The maximum Gasteiger partial charge on any atom is 0.223 e. The lowest BCUT2D eigenvalue weighted by molar-refractivity contribution is -0.125. The Bertz CT molecular complexity index is 399. The van der Waals surface area contributed by atoms with E-state index < -0.39 is 0 Å². The third kappa shape index (κ3) is 3.07. The van der Waals surface area contributed by atoms with Gasteiger partial charge in [0.05, 0.1) is 0 Å². The Kier molecular flexibility index (Phi) is 3.79. The van der Waals surface area contributed by atoms with Gasteiger partial charge >= 0.3 is 0 Å². The van der Waals surface area contributed by atoms with Crippen LogP contribution in [0, 0.1) is 11.8 Å². The Morgan fingerprint density at radius 1 is 1.41 bits per heavy atom. The molecule has 3 nitrogen and oxygen atoms in total. The first-order chi connectivity index (χ1) is 8.22. The molecule has 0 saturated heterocycles. The summed E-state index contributed by atoms with van der Waals surface area (Å²) in [6.45, 7) is 3.12. The van der Waals surface area contributed by atoms with E-state index in [2.05, 4.69) is 5.32 Å². The monoisotopic (exact) mass is 232 g/mol. The Balaban J connectivity index is 1.90. The number of hydrogen-bond acceptors (Lipinski definition) is 2. The van der Waals surface area contributed by atoms with E-state index in [1.807, 2.05) is 31.2 Å². The number of amides is 1. The smallest absolute Gasteiger partial charge is 0.223 e. The van der Waals surface area contributed by atoms with E-state index in [1.165, 1.54) is 12.8 Å². The lowest BCUT2D eigenvalue weighted by atomic mass is 10.0. The van der Waals surface area contributed by atoms with Gasteiger partial charge < -0.3 is 11.1 Å². The molecular formula is C14H20N2O. The largest absolute Gasteiger partial charge is 0.352 e. The second-order valence-electron chi connectivity index (χ2n) is 4.82. The van der Waals surface area contributed by atoms with E-state index in [-0.39, 0.29) is 11.8 Å². The summed E-state index contributed by atoms with van der Waals surface area (Å²) >= 11 is 0. The van der Waals surface area contributed by atoms with Gasteiger partial charge in [-0.1, -0.05) is 31.2 Å². The molecule has 3 heteroatoms. The lowest BCUT2D eigenvalue weighted by Crippen LogP contribution is -2.30. The highest BCUT2D eigenvalue weighted by atomic mass is 16.1. The first-order valence-electron chi connectivity index (χ1n) is 6.27. The summed E-state index contributed by atoms with van der Waals surface area (Å²) in [6.07, 6.45) is 2.40. The number of benzene rings is 1. The average Bonchev–Trinajstić information content (AvgIpc) is 3.19. The summed E-state index contributed by atoms with van der Waals surface area (Å²) in [6, 6.07) is 7.97. The van der Waals surface area contributed by atoms with Gasteiger partial charge in [0.25, 0.3) is 0 Å². The summed E-state index contributed by atoms with van der Waals surface area (Å²) in [5.74, 6) is 0.930. The molecule has 1 saturated carbocycles. The minimum atomic E-state index is 0.153. The number of nitrogens with two attached hydrogens (primary N) is 1. The predicted octanol–water partition coefficient (Wildman–Crippen LogP) is 1.81. The molecule has 0 bridgehead atoms. The molecule has 0 spiro atoms. The Hall–Kier alpha value is -1.35. The van der Waals surface area contributed by atoms with Crippen LogP contribution >= 0.6 is 0 Å². The van der Waals surface area contributed by atoms with Crippen molar-refractivity contribution in [2.24, 2.45) is 17.6 Å². The summed E-state index contributed by atoms with van der Waals surface area (Å²) in [5, 5.41) is 3.00. The van der Waals surface area contributed by atoms with Gasteiger partial charge in [-0.25, -0.2) is 0 Å². The van der Waals surface area contributed by atoms with Crippen molar-refractivity contribution in [2.45, 2.75) is 32.9 Å². The number of carbonyl (C=O) groups excluding carboxylic acids is 1. The molecular weight excluding hydrogens is 212 g/mol. The summed E-state index contributed by atoms with van der Waals surface area (Å²) in [5.41, 5.74) is 7.88. The standard InChI is InChI=1S/C14H20N2O/c1-10(11-6-7-11)14(17)16-9-13-5-3-2-4-12(13)8-15/h2-5,10-11H,6-9,15H2,1H3,(H,16,17). The third-order valence-corrected chi connectivity index (χ3v) is 3.53. The van der Waals surface area contributed by atoms with Crippen molar-refractivity contribution in [1.29, 1.82) is 0 Å². The zero-order chi connectivity index (χ0) is 12.3. The highest BCUT2D eigenvalue weighted by molar-refractivity contribution is 5.78. The summed E-state index contributed by atoms with van der Waals surface area (Å²) in [7, 11) is 0. The minimum absolute atomic E-state index is 0.153. The van der Waals surface area contributed by atoms with Gasteiger partial charge in [0.1, 0.15) is 0 Å². The molecule has 17 heavy (non-hydrogen) atoms. The van der Waals surface area contributed by atoms with E-state index >= 15 is 0 Å². The number of nitrogens with one attached hydrogen (secondary N) is 1. The molecule has 1 atom stereocenters. The number of hydrogen-bond donors (Lipinski definition) is 2. The van der Waals surface area contributed by atoms with Crippen molar-refractivity contribution < 1.29 is 4.79 Å². The van der Waals surface area contributed by atoms with Gasteiger partial charge in [0.2, 0.25) is 5.91 Å². The van der Waals surface area contributed by atoms with E-state index in [4.69, 9.17) is 5.73 Å². The molecule has 92 valence electrons. The molecule has 1 fully saturated rings. The van der Waals surface area contributed by atoms with Gasteiger partial charge in [-0.3, -0.25) is 4.79 Å². The summed E-state index contributed by atoms with van der Waals surface area (Å²) in [4.78, 5) is 11.9. The summed E-state index contributed by atoms with van der Waals surface area (Å²) < 4.78 is 0. The fraction of sp³-hybridized carbons (Fsp3) is 0.500. The van der Waals surface area contributed by atoms with Gasteiger partial charge in [-0.2, -0.15) is 0 Å². The van der Waals surface area contributed by atoms with Gasteiger partial charge in [-0.05, 0) is 29.9 Å². The fourth-order valence-electron chi connectivity index (χ4n) is 2.08. The zero-order valence-electron chi connectivity index (χ0n) is 10.3. The van der Waals surface area contributed by atoms with Crippen molar-refractivity contribution in [3.63, 3.8) is 0 Å². The zero-order valence-corrected chi connectivity index (χ0v) is 10.3. The van der Waals surface area contributed by atoms with Crippen molar-refractivity contribution in [2.75, 3.05) is 0 Å². The second kappa shape index (κ2) is 5.32. The molecule has 0 aromatic heterocycles. The van der Waals surface area contributed by atoms with E-state index in [1.54, 1.807) is 0 Å². The van der Waals surface area contributed by atoms with Crippen LogP contribution in [0.2, 0.25) is 0 Å². The maximum atomic E-state index is 11.9. The van der Waals surface area contributed by atoms with Crippen LogP contribution in [0.5, 0.6) is 0 Å². The van der Waals surface area contributed by atoms with Crippen LogP contribution in [0.1, 0.15) is 30.9 Å². The van der Waals surface area contributed by atoms with Crippen LogP contribution in [-0.4, -0.2) is 5.91 Å². The Morgan fingerprint density at radius 2 is 2.06 bits per heavy atom. The number of rotatable bonds is 5. The molecule has 1 amide bonds. The number of carbonyl (C=O) groups is 1. The minimum Gasteiger partial charge on any atom is -0.352 e. The molecule has 1 aromatic carbocycles. The molecule has 1 aromatic rings. The molecule has 3 N–H and O–H groups in total. The maximum absolute atomic E-state index is 11.9. The SMILES string of the molecule is CC(C(=O)NCc1ccccc1CN)C1CC1. The van der Waals surface area contributed by atoms with Gasteiger partial charge in [0, 0.05) is 19.0 Å². The average molecular weight is 232 g/mol. The van der Waals surface area contributed by atoms with E-state index in [9.17, 15) is 4.79 Å². The van der Waals surface area contributed by atoms with Crippen molar-refractivity contribution in [1.82, 2.24) is 5.32 Å². The van der Waals surface area contributed by atoms with Crippen LogP contribution in [0.25, 0.3) is 0 Å². The molecule has 1 unspecified atom stereocenters. The first-order valence-corrected chi connectivity index (χ1v) is 6.27. The van der Waals surface area contributed by atoms with E-state index in [0.29, 0.717) is 19.0 Å². The Morgan fingerprint density at radius 3 is 2.65 bits per heavy atom. The normalized spacial score (nSPS) is 16.6. The molecule has 0 aliphatic heterocycles. The fourth-order valence-corrected chi connectivity index (χ4v) is 2.08. The van der Waals surface area contributed by atoms with Crippen LogP contribution in [0.15, 0.2) is 24.3 Å². The van der Waals surface area contributed by atoms with Crippen LogP contribution in [0.3, 0.4) is 0 Å². The predicted molar refractivity (Wildman–Crippen MR) is 68.1 cm³/mol. The van der Waals surface area contributed by atoms with Crippen molar-refractivity contribution in [3.8, 4) is 0 Å². The van der Waals surface area contributed by atoms with Crippen molar-refractivity contribution >= 4 is 5.91 Å². The third-order valence-electron chi connectivity index (χ3n) is 3.53. The van der Waals surface area contributed by atoms with Gasteiger partial charge in [0.15, 0.2) is 0 Å². The molecule has 1 aliphatic rings. The second-order valence-corrected chi connectivity index (χ2v) is 4.82. The molecule has 1 aliphatic carbocycles. The molecule has 2 rings (SSSR count). The lowest BCUT2D eigenvalue weighted by Gasteiger charge is -2.12. The Labute approximate surface area is 102 Å². The highest BCUT2D eigenvalue weighted by Gasteiger charge is 2.32. The van der Waals surface area contributed by atoms with E-state index in [0.717, 1.165) is 11.1 Å². The van der Waals surface area contributed by atoms with Crippen LogP contribution in [0.4, 0.5) is 0 Å². The quantitative estimate of drug-likeness (QED) is 0.813. The van der Waals surface area contributed by atoms with Crippen molar-refractivity contribution in [3.05, 3.63) is 35.4 Å². The topological polar surface area (TPSA) is 55.1 Å². The van der Waals surface area contributed by atoms with Crippen LogP contribution < -0.4 is 11.1 Å².